The Bertz CT molecular complexity index is 587. The molecule has 0 unspecified atom stereocenters. The number of anilines is 1. The second-order valence-electron chi connectivity index (χ2n) is 4.34. The zero-order valence-corrected chi connectivity index (χ0v) is 11.4. The van der Waals surface area contributed by atoms with Crippen molar-refractivity contribution in [3.8, 4) is 11.8 Å². The van der Waals surface area contributed by atoms with Gasteiger partial charge in [0.15, 0.2) is 0 Å². The minimum absolute atomic E-state index is 0.519. The highest BCUT2D eigenvalue weighted by Gasteiger charge is 2.01. The Balaban J connectivity index is 1.86. The third-order valence-electron chi connectivity index (χ3n) is 2.82. The summed E-state index contributed by atoms with van der Waals surface area (Å²) in [6.45, 7) is 1.21. The SMILES string of the molecule is Cn1nncc1CNc1cccc(OCCCC#N)c1. The summed E-state index contributed by atoms with van der Waals surface area (Å²) in [7, 11) is 1.86. The van der Waals surface area contributed by atoms with E-state index >= 15 is 0 Å². The number of hydrogen-bond acceptors (Lipinski definition) is 5. The van der Waals surface area contributed by atoms with Gasteiger partial charge < -0.3 is 10.1 Å². The molecule has 6 heteroatoms. The van der Waals surface area contributed by atoms with Crippen LogP contribution in [0.15, 0.2) is 30.5 Å². The van der Waals surface area contributed by atoms with Gasteiger partial charge in [-0.1, -0.05) is 11.3 Å². The Kier molecular flexibility index (Phi) is 4.95. The fourth-order valence-electron chi connectivity index (χ4n) is 1.70. The predicted octanol–water partition coefficient (Wildman–Crippen LogP) is 2.11. The summed E-state index contributed by atoms with van der Waals surface area (Å²) < 4.78 is 7.32. The summed E-state index contributed by atoms with van der Waals surface area (Å²) in [6.07, 6.45) is 3.00. The number of nitrogens with one attached hydrogen (secondary N) is 1. The van der Waals surface area contributed by atoms with Crippen LogP contribution in [0, 0.1) is 11.3 Å². The van der Waals surface area contributed by atoms with Gasteiger partial charge in [-0.3, -0.25) is 4.68 Å². The number of aryl methyl sites for hydroxylation is 1. The highest BCUT2D eigenvalue weighted by molar-refractivity contribution is 5.48. The zero-order valence-electron chi connectivity index (χ0n) is 11.4. The van der Waals surface area contributed by atoms with E-state index in [-0.39, 0.29) is 0 Å². The van der Waals surface area contributed by atoms with E-state index in [0.717, 1.165) is 23.6 Å². The van der Waals surface area contributed by atoms with Crippen molar-refractivity contribution in [3.05, 3.63) is 36.2 Å². The fourth-order valence-corrected chi connectivity index (χ4v) is 1.70. The molecule has 0 saturated heterocycles. The van der Waals surface area contributed by atoms with E-state index < -0.39 is 0 Å². The second-order valence-corrected chi connectivity index (χ2v) is 4.34. The number of ether oxygens (including phenoxy) is 1. The van der Waals surface area contributed by atoms with Crippen LogP contribution in [0.4, 0.5) is 5.69 Å². The van der Waals surface area contributed by atoms with Gasteiger partial charge in [0.2, 0.25) is 0 Å². The summed E-state index contributed by atoms with van der Waals surface area (Å²) in [5.74, 6) is 0.802. The first kappa shape index (κ1) is 13.9. The summed E-state index contributed by atoms with van der Waals surface area (Å²) in [5, 5.41) is 19.5. The number of aromatic nitrogens is 3. The highest BCUT2D eigenvalue weighted by Crippen LogP contribution is 2.18. The van der Waals surface area contributed by atoms with Crippen LogP contribution < -0.4 is 10.1 Å². The van der Waals surface area contributed by atoms with Crippen LogP contribution in [-0.4, -0.2) is 21.6 Å². The van der Waals surface area contributed by atoms with Gasteiger partial charge in [-0.25, -0.2) is 0 Å². The number of hydrogen-bond donors (Lipinski definition) is 1. The van der Waals surface area contributed by atoms with Crippen LogP contribution in [0.25, 0.3) is 0 Å². The average molecular weight is 271 g/mol. The lowest BCUT2D eigenvalue weighted by atomic mass is 10.3. The second kappa shape index (κ2) is 7.14. The van der Waals surface area contributed by atoms with Crippen molar-refractivity contribution in [2.24, 2.45) is 7.05 Å². The molecule has 0 spiro atoms. The molecule has 6 nitrogen and oxygen atoms in total. The number of rotatable bonds is 7. The number of unbranched alkanes of at least 4 members (excludes halogenated alkanes) is 1. The van der Waals surface area contributed by atoms with Crippen molar-refractivity contribution in [1.82, 2.24) is 15.0 Å². The van der Waals surface area contributed by atoms with E-state index in [0.29, 0.717) is 19.6 Å². The molecule has 104 valence electrons. The minimum atomic E-state index is 0.519. The lowest BCUT2D eigenvalue weighted by Gasteiger charge is -2.09. The Morgan fingerprint density at radius 2 is 2.35 bits per heavy atom. The molecule has 0 fully saturated rings. The quantitative estimate of drug-likeness (QED) is 0.780. The molecule has 0 radical (unpaired) electrons. The molecule has 1 aromatic carbocycles. The molecule has 0 atom stereocenters. The molecular weight excluding hydrogens is 254 g/mol. The van der Waals surface area contributed by atoms with Crippen molar-refractivity contribution < 1.29 is 4.74 Å². The van der Waals surface area contributed by atoms with Crippen molar-refractivity contribution in [2.75, 3.05) is 11.9 Å². The van der Waals surface area contributed by atoms with Gasteiger partial charge in [-0.05, 0) is 18.6 Å². The average Bonchev–Trinajstić information content (AvgIpc) is 2.87. The first-order chi connectivity index (χ1) is 9.79. The molecule has 1 N–H and O–H groups in total. The van der Waals surface area contributed by atoms with Gasteiger partial charge in [0.05, 0.1) is 31.1 Å². The first-order valence-corrected chi connectivity index (χ1v) is 6.47. The van der Waals surface area contributed by atoms with E-state index in [4.69, 9.17) is 10.00 Å². The topological polar surface area (TPSA) is 75.8 Å². The molecule has 1 aromatic heterocycles. The first-order valence-electron chi connectivity index (χ1n) is 6.47. The number of nitriles is 1. The van der Waals surface area contributed by atoms with E-state index in [1.807, 2.05) is 31.3 Å². The molecule has 2 aromatic rings. The van der Waals surface area contributed by atoms with Crippen molar-refractivity contribution in [2.45, 2.75) is 19.4 Å². The van der Waals surface area contributed by atoms with E-state index in [2.05, 4.69) is 21.7 Å². The van der Waals surface area contributed by atoms with Crippen LogP contribution >= 0.6 is 0 Å². The smallest absolute Gasteiger partial charge is 0.121 e. The monoisotopic (exact) mass is 271 g/mol. The van der Waals surface area contributed by atoms with Crippen molar-refractivity contribution in [1.29, 1.82) is 5.26 Å². The predicted molar refractivity (Wildman–Crippen MR) is 75.1 cm³/mol. The van der Waals surface area contributed by atoms with Gasteiger partial charge >= 0.3 is 0 Å². The van der Waals surface area contributed by atoms with E-state index in [9.17, 15) is 0 Å². The molecule has 20 heavy (non-hydrogen) atoms. The number of benzene rings is 1. The van der Waals surface area contributed by atoms with Gasteiger partial charge in [-0.2, -0.15) is 5.26 Å². The standard InChI is InChI=1S/C14H17N5O/c1-19-13(11-17-18-19)10-16-12-5-4-6-14(9-12)20-8-3-2-7-15/h4-6,9,11,16H,2-3,8,10H2,1H3. The van der Waals surface area contributed by atoms with Gasteiger partial charge in [-0.15, -0.1) is 5.10 Å². The molecule has 0 aliphatic heterocycles. The molecular formula is C14H17N5O. The van der Waals surface area contributed by atoms with Crippen LogP contribution in [-0.2, 0) is 13.6 Å². The van der Waals surface area contributed by atoms with Crippen molar-refractivity contribution in [3.63, 3.8) is 0 Å². The van der Waals surface area contributed by atoms with Crippen LogP contribution in [0.5, 0.6) is 5.75 Å². The van der Waals surface area contributed by atoms with E-state index in [1.165, 1.54) is 0 Å². The molecule has 0 aliphatic rings. The Morgan fingerprint density at radius 1 is 1.45 bits per heavy atom. The third kappa shape index (κ3) is 3.99. The van der Waals surface area contributed by atoms with Crippen LogP contribution in [0.2, 0.25) is 0 Å². The van der Waals surface area contributed by atoms with Crippen LogP contribution in [0.3, 0.4) is 0 Å². The maximum atomic E-state index is 8.46. The molecule has 1 heterocycles. The summed E-state index contributed by atoms with van der Waals surface area (Å²) >= 11 is 0. The van der Waals surface area contributed by atoms with Gasteiger partial charge in [0.1, 0.15) is 5.75 Å². The lowest BCUT2D eigenvalue weighted by Crippen LogP contribution is -2.05. The normalized spacial score (nSPS) is 10.0. The minimum Gasteiger partial charge on any atom is -0.493 e. The van der Waals surface area contributed by atoms with Gasteiger partial charge in [0, 0.05) is 25.2 Å². The molecule has 2 rings (SSSR count). The van der Waals surface area contributed by atoms with Crippen molar-refractivity contribution >= 4 is 5.69 Å². The largest absolute Gasteiger partial charge is 0.493 e. The third-order valence-corrected chi connectivity index (χ3v) is 2.82. The van der Waals surface area contributed by atoms with Gasteiger partial charge in [0.25, 0.3) is 0 Å². The fraction of sp³-hybridized carbons (Fsp3) is 0.357. The summed E-state index contributed by atoms with van der Waals surface area (Å²) in [5.41, 5.74) is 1.98. The maximum Gasteiger partial charge on any atom is 0.121 e. The maximum absolute atomic E-state index is 8.46. The molecule has 0 amide bonds. The number of nitrogens with zero attached hydrogens (tertiary/aromatic N) is 4. The van der Waals surface area contributed by atoms with Crippen LogP contribution in [0.1, 0.15) is 18.5 Å². The Morgan fingerprint density at radius 3 is 3.10 bits per heavy atom. The summed E-state index contributed by atoms with van der Waals surface area (Å²) in [6, 6.07) is 9.86. The Hall–Kier alpha value is -2.55. The van der Waals surface area contributed by atoms with E-state index in [1.54, 1.807) is 10.9 Å². The molecule has 0 aliphatic carbocycles. The highest BCUT2D eigenvalue weighted by atomic mass is 16.5. The summed E-state index contributed by atoms with van der Waals surface area (Å²) in [4.78, 5) is 0. The zero-order chi connectivity index (χ0) is 14.2. The Labute approximate surface area is 118 Å². The lowest BCUT2D eigenvalue weighted by molar-refractivity contribution is 0.313. The molecule has 0 bridgehead atoms. The molecule has 0 saturated carbocycles.